The first-order valence-electron chi connectivity index (χ1n) is 13.4. The lowest BCUT2D eigenvalue weighted by atomic mass is 9.48. The molecule has 0 aromatic rings. The van der Waals surface area contributed by atoms with Crippen molar-refractivity contribution in [1.82, 2.24) is 0 Å². The van der Waals surface area contributed by atoms with Crippen LogP contribution in [0.4, 0.5) is 0 Å². The van der Waals surface area contributed by atoms with Gasteiger partial charge >= 0.3 is 5.97 Å². The zero-order valence-corrected chi connectivity index (χ0v) is 22.1. The number of hydrogen-bond acceptors (Lipinski definition) is 3. The maximum absolute atomic E-state index is 12.5. The molecule has 4 rings (SSSR count). The summed E-state index contributed by atoms with van der Waals surface area (Å²) < 4.78 is 0. The highest BCUT2D eigenvalue weighted by Gasteiger charge is 2.65. The quantitative estimate of drug-likeness (QED) is 0.407. The minimum atomic E-state index is -0.741. The lowest BCUT2D eigenvalue weighted by molar-refractivity contribution is -0.146. The second kappa shape index (κ2) is 8.62. The van der Waals surface area contributed by atoms with Crippen LogP contribution in [0.25, 0.3) is 0 Å². The van der Waals surface area contributed by atoms with E-state index in [1.165, 1.54) is 11.1 Å². The van der Waals surface area contributed by atoms with Gasteiger partial charge in [-0.25, -0.2) is 0 Å². The van der Waals surface area contributed by atoms with Gasteiger partial charge < -0.3 is 15.3 Å². The number of carbonyl (C=O) groups is 1. The van der Waals surface area contributed by atoms with Crippen molar-refractivity contribution < 1.29 is 20.1 Å². The Morgan fingerprint density at radius 1 is 1.12 bits per heavy atom. The van der Waals surface area contributed by atoms with Crippen LogP contribution >= 0.6 is 0 Å². The van der Waals surface area contributed by atoms with Gasteiger partial charge in [-0.05, 0) is 90.6 Å². The van der Waals surface area contributed by atoms with Crippen LogP contribution in [0.1, 0.15) is 86.5 Å². The number of aliphatic hydroxyl groups is 2. The van der Waals surface area contributed by atoms with Gasteiger partial charge in [0.05, 0.1) is 18.1 Å². The fourth-order valence-corrected chi connectivity index (χ4v) is 8.26. The minimum Gasteiger partial charge on any atom is -0.481 e. The molecule has 3 N–H and O–H groups in total. The maximum atomic E-state index is 12.5. The predicted octanol–water partition coefficient (Wildman–Crippen LogP) is 6.15. The van der Waals surface area contributed by atoms with Crippen molar-refractivity contribution in [3.63, 3.8) is 0 Å². The van der Waals surface area contributed by atoms with Crippen LogP contribution in [0.2, 0.25) is 0 Å². The van der Waals surface area contributed by atoms with E-state index in [2.05, 4.69) is 60.3 Å². The molecule has 0 saturated heterocycles. The zero-order valence-electron chi connectivity index (χ0n) is 22.1. The van der Waals surface area contributed by atoms with E-state index >= 15 is 0 Å². The van der Waals surface area contributed by atoms with Gasteiger partial charge in [-0.1, -0.05) is 65.8 Å². The van der Waals surface area contributed by atoms with Crippen LogP contribution in [0, 0.1) is 45.8 Å². The number of carboxylic acids is 1. The number of fused-ring (bicyclic) bond motifs is 5. The van der Waals surface area contributed by atoms with E-state index < -0.39 is 23.4 Å². The van der Waals surface area contributed by atoms with E-state index in [1.807, 2.05) is 0 Å². The van der Waals surface area contributed by atoms with Crippen molar-refractivity contribution in [2.75, 3.05) is 0 Å². The molecule has 4 heteroatoms. The summed E-state index contributed by atoms with van der Waals surface area (Å²) in [5.41, 5.74) is 2.86. The Kier molecular flexibility index (Phi) is 6.52. The third-order valence-corrected chi connectivity index (χ3v) is 11.2. The van der Waals surface area contributed by atoms with E-state index in [9.17, 15) is 20.1 Å². The summed E-state index contributed by atoms with van der Waals surface area (Å²) in [6.07, 6.45) is 9.27. The Morgan fingerprint density at radius 2 is 1.79 bits per heavy atom. The van der Waals surface area contributed by atoms with Gasteiger partial charge in [0, 0.05) is 5.41 Å². The molecule has 2 saturated carbocycles. The molecule has 0 aromatic carbocycles. The lowest BCUT2D eigenvalue weighted by Crippen LogP contribution is -2.52. The third kappa shape index (κ3) is 3.58. The van der Waals surface area contributed by atoms with Gasteiger partial charge in [0.1, 0.15) is 0 Å². The molecule has 8 atom stereocenters. The summed E-state index contributed by atoms with van der Waals surface area (Å²) in [6, 6.07) is 0. The topological polar surface area (TPSA) is 77.8 Å². The molecule has 0 amide bonds. The Bertz CT molecular complexity index is 911. The van der Waals surface area contributed by atoms with E-state index in [0.717, 1.165) is 37.7 Å². The molecule has 0 bridgehead atoms. The molecule has 0 spiro atoms. The Labute approximate surface area is 206 Å². The predicted molar refractivity (Wildman–Crippen MR) is 136 cm³/mol. The largest absolute Gasteiger partial charge is 0.481 e. The summed E-state index contributed by atoms with van der Waals surface area (Å²) in [5, 5.41) is 32.5. The van der Waals surface area contributed by atoms with Crippen molar-refractivity contribution in [3.8, 4) is 0 Å². The standard InChI is InChI=1S/C30H46O4/c1-17(2)18(3)8-9-21(27(33)34)24-16-26(32)30(7)23-12-11-22-19(10-13-25(31)28(22,4)5)20(23)14-15-29(24,30)6/h12,14,17,19,21-22,24-26,31-32H,3,8-11,13,15-16H2,1-2,4-7H3,(H,33,34)/t19-,21+,22-,24+,25-,26-,29+,30+/m0/s1. The molecular weight excluding hydrogens is 424 g/mol. The first kappa shape index (κ1) is 25.7. The van der Waals surface area contributed by atoms with E-state index in [0.29, 0.717) is 30.6 Å². The van der Waals surface area contributed by atoms with E-state index in [4.69, 9.17) is 0 Å². The first-order valence-corrected chi connectivity index (χ1v) is 13.4. The third-order valence-electron chi connectivity index (χ3n) is 11.2. The molecule has 0 aromatic heterocycles. The van der Waals surface area contributed by atoms with E-state index in [-0.39, 0.29) is 22.9 Å². The molecule has 4 nitrogen and oxygen atoms in total. The SMILES string of the molecule is C=C(CC[C@@H](C(=O)O)[C@H]1C[C@H](O)[C@@]2(C)C3=CC[C@H]4[C@@H](CC[C@H](O)C4(C)C)C3=CC[C@]12C)C(C)C. The zero-order chi connectivity index (χ0) is 25.2. The summed E-state index contributed by atoms with van der Waals surface area (Å²) >= 11 is 0. The second-order valence-electron chi connectivity index (χ2n) is 13.1. The van der Waals surface area contributed by atoms with Gasteiger partial charge in [0.25, 0.3) is 0 Å². The highest BCUT2D eigenvalue weighted by molar-refractivity contribution is 5.71. The molecule has 4 aliphatic carbocycles. The normalized spacial score (nSPS) is 41.6. The monoisotopic (exact) mass is 470 g/mol. The van der Waals surface area contributed by atoms with Gasteiger partial charge in [0.2, 0.25) is 0 Å². The van der Waals surface area contributed by atoms with Crippen LogP contribution in [-0.4, -0.2) is 33.5 Å². The summed E-state index contributed by atoms with van der Waals surface area (Å²) in [6.45, 7) is 17.2. The fourth-order valence-electron chi connectivity index (χ4n) is 8.26. The van der Waals surface area contributed by atoms with Gasteiger partial charge in [-0.15, -0.1) is 0 Å². The molecule has 190 valence electrons. The van der Waals surface area contributed by atoms with Crippen molar-refractivity contribution in [2.45, 2.75) is 98.7 Å². The number of rotatable bonds is 6. The first-order chi connectivity index (χ1) is 15.8. The van der Waals surface area contributed by atoms with Gasteiger partial charge in [-0.2, -0.15) is 0 Å². The van der Waals surface area contributed by atoms with Crippen LogP contribution in [0.5, 0.6) is 0 Å². The summed E-state index contributed by atoms with van der Waals surface area (Å²) in [5.74, 6) is -0.130. The average Bonchev–Trinajstić information content (AvgIpc) is 2.97. The second-order valence-corrected chi connectivity index (χ2v) is 13.1. The Hall–Kier alpha value is -1.39. The van der Waals surface area contributed by atoms with Gasteiger partial charge in [0.15, 0.2) is 0 Å². The Morgan fingerprint density at radius 3 is 2.41 bits per heavy atom. The molecule has 0 unspecified atom stereocenters. The molecule has 0 heterocycles. The number of aliphatic carboxylic acids is 1. The van der Waals surface area contributed by atoms with Gasteiger partial charge in [-0.3, -0.25) is 4.79 Å². The number of carboxylic acid groups (broad SMARTS) is 1. The molecule has 0 radical (unpaired) electrons. The number of aliphatic hydroxyl groups excluding tert-OH is 2. The minimum absolute atomic E-state index is 0.0778. The van der Waals surface area contributed by atoms with Crippen LogP contribution in [-0.2, 0) is 4.79 Å². The highest BCUT2D eigenvalue weighted by Crippen LogP contribution is 2.69. The van der Waals surface area contributed by atoms with Crippen LogP contribution in [0.3, 0.4) is 0 Å². The van der Waals surface area contributed by atoms with Crippen molar-refractivity contribution >= 4 is 5.97 Å². The molecular formula is C30H46O4. The number of allylic oxidation sites excluding steroid dienone is 4. The smallest absolute Gasteiger partial charge is 0.306 e. The molecule has 0 aliphatic heterocycles. The fraction of sp³-hybridized carbons (Fsp3) is 0.767. The molecule has 34 heavy (non-hydrogen) atoms. The summed E-state index contributed by atoms with van der Waals surface area (Å²) in [7, 11) is 0. The average molecular weight is 471 g/mol. The van der Waals surface area contributed by atoms with Crippen molar-refractivity contribution in [2.24, 2.45) is 45.8 Å². The van der Waals surface area contributed by atoms with Crippen LogP contribution < -0.4 is 0 Å². The maximum Gasteiger partial charge on any atom is 0.306 e. The highest BCUT2D eigenvalue weighted by atomic mass is 16.4. The van der Waals surface area contributed by atoms with Crippen molar-refractivity contribution in [3.05, 3.63) is 35.5 Å². The molecule has 4 aliphatic rings. The molecule has 2 fully saturated rings. The number of hydrogen-bond donors (Lipinski definition) is 3. The van der Waals surface area contributed by atoms with E-state index in [1.54, 1.807) is 0 Å². The lowest BCUT2D eigenvalue weighted by Gasteiger charge is -2.57. The van der Waals surface area contributed by atoms with Crippen molar-refractivity contribution in [1.29, 1.82) is 0 Å². The summed E-state index contributed by atoms with van der Waals surface area (Å²) in [4.78, 5) is 12.5. The van der Waals surface area contributed by atoms with Crippen LogP contribution in [0.15, 0.2) is 35.5 Å². The Balaban J connectivity index is 1.69.